The van der Waals surface area contributed by atoms with E-state index < -0.39 is 10.1 Å². The summed E-state index contributed by atoms with van der Waals surface area (Å²) in [4.78, 5) is -0.0387. The molecule has 0 heterocycles. The molecule has 4 rings (SSSR count). The molecule has 0 atom stereocenters. The van der Waals surface area contributed by atoms with E-state index in [0.29, 0.717) is 5.39 Å². The molecule has 0 saturated carbocycles. The zero-order valence-corrected chi connectivity index (χ0v) is 11.2. The summed E-state index contributed by atoms with van der Waals surface area (Å²) < 4.78 is 32.5. The molecule has 0 aliphatic heterocycles. The van der Waals surface area contributed by atoms with Gasteiger partial charge < -0.3 is 0 Å². The summed E-state index contributed by atoms with van der Waals surface area (Å²) in [6, 6.07) is 16.8. The van der Waals surface area contributed by atoms with Crippen molar-refractivity contribution >= 4 is 161 Å². The summed E-state index contributed by atoms with van der Waals surface area (Å²) in [5, 5.41) is 5.58. The Hall–Kier alpha value is 1.83. The first-order valence-electron chi connectivity index (χ1n) is 6.20. The normalized spacial score (nSPS) is 10.5. The molecular formula is C16H14Na4O3S. The van der Waals surface area contributed by atoms with Crippen LogP contribution in [-0.4, -0.2) is 131 Å². The third kappa shape index (κ3) is 4.45. The molecule has 24 heavy (non-hydrogen) atoms. The van der Waals surface area contributed by atoms with Crippen molar-refractivity contribution in [3.05, 3.63) is 54.6 Å². The van der Waals surface area contributed by atoms with Gasteiger partial charge >= 0.3 is 118 Å². The number of hydrogen-bond acceptors (Lipinski definition) is 2. The molecule has 106 valence electrons. The van der Waals surface area contributed by atoms with Crippen LogP contribution in [0.2, 0.25) is 0 Å². The molecule has 8 heteroatoms. The van der Waals surface area contributed by atoms with Crippen LogP contribution in [0.3, 0.4) is 0 Å². The van der Waals surface area contributed by atoms with Gasteiger partial charge in [0.05, 0.1) is 0 Å². The fourth-order valence-electron chi connectivity index (χ4n) is 2.93. The van der Waals surface area contributed by atoms with Gasteiger partial charge in [-0.25, -0.2) is 0 Å². The summed E-state index contributed by atoms with van der Waals surface area (Å²) in [6.45, 7) is 0. The fourth-order valence-corrected chi connectivity index (χ4v) is 3.62. The average Bonchev–Trinajstić information content (AvgIpc) is 2.43. The molecular weight excluding hydrogens is 364 g/mol. The van der Waals surface area contributed by atoms with Crippen LogP contribution in [0.1, 0.15) is 0 Å². The van der Waals surface area contributed by atoms with E-state index in [2.05, 4.69) is 0 Å². The second-order valence-corrected chi connectivity index (χ2v) is 6.28. The third-order valence-electron chi connectivity index (χ3n) is 3.77. The molecule has 0 spiro atoms. The third-order valence-corrected chi connectivity index (χ3v) is 4.68. The molecule has 3 nitrogen and oxygen atoms in total. The van der Waals surface area contributed by atoms with Gasteiger partial charge in [-0.1, -0.05) is 48.5 Å². The molecule has 4 aromatic carbocycles. The van der Waals surface area contributed by atoms with Gasteiger partial charge in [0.2, 0.25) is 0 Å². The molecule has 0 saturated heterocycles. The van der Waals surface area contributed by atoms with Crippen molar-refractivity contribution in [3.63, 3.8) is 0 Å². The first kappa shape index (κ1) is 25.8. The van der Waals surface area contributed by atoms with Gasteiger partial charge in [0.1, 0.15) is 4.90 Å². The monoisotopic (exact) mass is 378 g/mol. The molecule has 0 radical (unpaired) electrons. The first-order chi connectivity index (χ1) is 9.55. The standard InChI is InChI=1S/C16H10O3S.4Na.4H/c17-20(18,19)14-9-7-12-5-4-10-2-1-3-11-6-8-13(14)16(12)15(10)11;;;;;;;;/h1-9H,(H,17,18,19);;;;;;;;. The van der Waals surface area contributed by atoms with Gasteiger partial charge in [-0.3, -0.25) is 4.55 Å². The molecule has 0 amide bonds. The van der Waals surface area contributed by atoms with Crippen molar-refractivity contribution in [1.29, 1.82) is 0 Å². The van der Waals surface area contributed by atoms with E-state index in [0.717, 1.165) is 26.9 Å². The van der Waals surface area contributed by atoms with Crippen molar-refractivity contribution in [1.82, 2.24) is 0 Å². The predicted molar refractivity (Wildman–Crippen MR) is 109 cm³/mol. The Labute approximate surface area is 229 Å². The molecule has 1 N–H and O–H groups in total. The Balaban J connectivity index is 0.00000132. The van der Waals surface area contributed by atoms with Crippen molar-refractivity contribution < 1.29 is 13.0 Å². The molecule has 0 bridgehead atoms. The van der Waals surface area contributed by atoms with Crippen LogP contribution < -0.4 is 0 Å². The maximum atomic E-state index is 11.5. The van der Waals surface area contributed by atoms with E-state index >= 15 is 0 Å². The summed E-state index contributed by atoms with van der Waals surface area (Å²) in [6.07, 6.45) is 0. The second-order valence-electron chi connectivity index (χ2n) is 4.89. The van der Waals surface area contributed by atoms with Gasteiger partial charge in [0, 0.05) is 5.39 Å². The topological polar surface area (TPSA) is 54.4 Å². The van der Waals surface area contributed by atoms with E-state index in [-0.39, 0.29) is 123 Å². The average molecular weight is 378 g/mol. The summed E-state index contributed by atoms with van der Waals surface area (Å²) in [5.74, 6) is 0. The molecule has 0 aliphatic carbocycles. The van der Waals surface area contributed by atoms with Crippen LogP contribution in [0, 0.1) is 0 Å². The molecule has 4 aromatic rings. The van der Waals surface area contributed by atoms with Crippen LogP contribution in [0.15, 0.2) is 59.5 Å². The van der Waals surface area contributed by atoms with Crippen LogP contribution in [0.5, 0.6) is 0 Å². The Morgan fingerprint density at radius 3 is 1.62 bits per heavy atom. The van der Waals surface area contributed by atoms with Crippen molar-refractivity contribution in [2.45, 2.75) is 4.90 Å². The van der Waals surface area contributed by atoms with Crippen molar-refractivity contribution in [3.8, 4) is 0 Å². The maximum absolute atomic E-state index is 11.5. The van der Waals surface area contributed by atoms with Crippen LogP contribution >= 0.6 is 0 Å². The van der Waals surface area contributed by atoms with E-state index in [1.54, 1.807) is 12.1 Å². The van der Waals surface area contributed by atoms with Gasteiger partial charge in [0.25, 0.3) is 10.1 Å². The molecule has 0 unspecified atom stereocenters. The van der Waals surface area contributed by atoms with Crippen molar-refractivity contribution in [2.75, 3.05) is 0 Å². The number of rotatable bonds is 1. The zero-order valence-electron chi connectivity index (χ0n) is 10.4. The van der Waals surface area contributed by atoms with Crippen LogP contribution in [0.4, 0.5) is 0 Å². The number of hydrogen-bond donors (Lipinski definition) is 1. The minimum absolute atomic E-state index is 0. The van der Waals surface area contributed by atoms with Crippen molar-refractivity contribution in [2.24, 2.45) is 0 Å². The zero-order chi connectivity index (χ0) is 13.9. The number of benzene rings is 4. The Bertz CT molecular complexity index is 1060. The summed E-state index contributed by atoms with van der Waals surface area (Å²) in [7, 11) is -4.23. The molecule has 0 aliphatic rings. The van der Waals surface area contributed by atoms with Crippen LogP contribution in [-0.2, 0) is 10.1 Å². The first-order valence-corrected chi connectivity index (χ1v) is 7.64. The summed E-state index contributed by atoms with van der Waals surface area (Å²) >= 11 is 0. The second kappa shape index (κ2) is 9.85. The van der Waals surface area contributed by atoms with Gasteiger partial charge in [-0.05, 0) is 33.0 Å². The van der Waals surface area contributed by atoms with E-state index in [1.807, 2.05) is 36.4 Å². The predicted octanol–water partition coefficient (Wildman–Crippen LogP) is 1.24. The Kier molecular flexibility index (Phi) is 10.6. The molecule has 0 fully saturated rings. The van der Waals surface area contributed by atoms with E-state index in [1.165, 1.54) is 6.07 Å². The minimum atomic E-state index is -4.23. The van der Waals surface area contributed by atoms with Crippen LogP contribution in [0.25, 0.3) is 32.3 Å². The van der Waals surface area contributed by atoms with Gasteiger partial charge in [0.15, 0.2) is 0 Å². The van der Waals surface area contributed by atoms with Gasteiger partial charge in [-0.2, -0.15) is 8.42 Å². The quantitative estimate of drug-likeness (QED) is 0.308. The van der Waals surface area contributed by atoms with E-state index in [9.17, 15) is 13.0 Å². The van der Waals surface area contributed by atoms with Gasteiger partial charge in [-0.15, -0.1) is 0 Å². The van der Waals surface area contributed by atoms with E-state index in [4.69, 9.17) is 0 Å². The Morgan fingerprint density at radius 2 is 1.08 bits per heavy atom. The summed E-state index contributed by atoms with van der Waals surface area (Å²) in [5.41, 5.74) is 0. The SMILES string of the molecule is O=S(=O)(O)c1ccc2ccc3cccc4ccc1c2c34.[NaH].[NaH].[NaH].[NaH]. The molecule has 0 aromatic heterocycles. The Morgan fingerprint density at radius 1 is 0.625 bits per heavy atom. The fraction of sp³-hybridized carbons (Fsp3) is 0.